The molecule has 1 rings (SSSR count). The molecule has 0 aliphatic heterocycles. The lowest BCUT2D eigenvalue weighted by molar-refractivity contribution is 1.48. The van der Waals surface area contributed by atoms with E-state index >= 15 is 0 Å². The van der Waals surface area contributed by atoms with E-state index in [1.54, 1.807) is 0 Å². The van der Waals surface area contributed by atoms with Gasteiger partial charge in [-0.3, -0.25) is 0 Å². The molecule has 0 saturated carbocycles. The van der Waals surface area contributed by atoms with Crippen molar-refractivity contribution in [3.63, 3.8) is 0 Å². The van der Waals surface area contributed by atoms with Gasteiger partial charge in [-0.1, -0.05) is 34.8 Å². The molecule has 0 aromatic heterocycles. The molecule has 0 amide bonds. The average molecular weight is 206 g/mol. The second-order valence-electron chi connectivity index (χ2n) is 1.86. The summed E-state index contributed by atoms with van der Waals surface area (Å²) >= 11 is 16.9. The Labute approximate surface area is 79.1 Å². The van der Waals surface area contributed by atoms with Gasteiger partial charge in [0.25, 0.3) is 0 Å². The Balaban J connectivity index is 3.39. The minimum atomic E-state index is 0.249. The van der Waals surface area contributed by atoms with Crippen molar-refractivity contribution in [2.75, 3.05) is 0 Å². The molecule has 0 unspecified atom stereocenters. The van der Waals surface area contributed by atoms with Gasteiger partial charge >= 0.3 is 0 Å². The van der Waals surface area contributed by atoms with Crippen LogP contribution >= 0.6 is 34.8 Å². The molecule has 0 bridgehead atoms. The third-order valence-corrected chi connectivity index (χ3v) is 2.13. The lowest BCUT2D eigenvalue weighted by Crippen LogP contribution is -1.78. The first-order valence-electron chi connectivity index (χ1n) is 2.70. The van der Waals surface area contributed by atoms with Crippen LogP contribution in [0, 0.1) is 11.3 Å². The highest BCUT2D eigenvalue weighted by atomic mass is 35.5. The standard InChI is InChI=1S/C7H2Cl3N/c8-5-1-4(3-11)7(10)6(9)2-5/h1-2H. The third-order valence-electron chi connectivity index (χ3n) is 1.11. The van der Waals surface area contributed by atoms with Crippen molar-refractivity contribution in [3.8, 4) is 6.07 Å². The lowest BCUT2D eigenvalue weighted by atomic mass is 10.2. The number of nitrogens with zero attached hydrogens (tertiary/aromatic N) is 1. The summed E-state index contributed by atoms with van der Waals surface area (Å²) in [6.07, 6.45) is 0. The Hall–Kier alpha value is -0.420. The van der Waals surface area contributed by atoms with Crippen LogP contribution < -0.4 is 0 Å². The highest BCUT2D eigenvalue weighted by Gasteiger charge is 2.05. The maximum Gasteiger partial charge on any atom is 0.101 e. The van der Waals surface area contributed by atoms with Crippen LogP contribution in [0.15, 0.2) is 12.1 Å². The molecule has 0 saturated heterocycles. The Morgan fingerprint density at radius 1 is 1.18 bits per heavy atom. The summed E-state index contributed by atoms with van der Waals surface area (Å²) in [6, 6.07) is 4.84. The average Bonchev–Trinajstić information content (AvgIpc) is 1.96. The SMILES string of the molecule is N#Cc1cc(Cl)cc(Cl)c1Cl. The highest BCUT2D eigenvalue weighted by molar-refractivity contribution is 6.43. The van der Waals surface area contributed by atoms with Crippen LogP contribution in [0.1, 0.15) is 5.56 Å². The van der Waals surface area contributed by atoms with Crippen LogP contribution in [-0.2, 0) is 0 Å². The van der Waals surface area contributed by atoms with Gasteiger partial charge in [0.05, 0.1) is 15.6 Å². The Bertz CT molecular complexity index is 327. The molecule has 1 nitrogen and oxygen atoms in total. The van der Waals surface area contributed by atoms with Crippen LogP contribution in [-0.4, -0.2) is 0 Å². The zero-order valence-corrected chi connectivity index (χ0v) is 7.50. The van der Waals surface area contributed by atoms with Crippen molar-refractivity contribution in [2.24, 2.45) is 0 Å². The summed E-state index contributed by atoms with van der Waals surface area (Å²) in [5.74, 6) is 0. The summed E-state index contributed by atoms with van der Waals surface area (Å²) in [5, 5.41) is 9.48. The smallest absolute Gasteiger partial charge is 0.101 e. The van der Waals surface area contributed by atoms with Crippen LogP contribution in [0.5, 0.6) is 0 Å². The fourth-order valence-corrected chi connectivity index (χ4v) is 1.28. The zero-order chi connectivity index (χ0) is 8.43. The van der Waals surface area contributed by atoms with Gasteiger partial charge in [-0.05, 0) is 12.1 Å². The second kappa shape index (κ2) is 3.32. The van der Waals surface area contributed by atoms with E-state index in [0.29, 0.717) is 15.6 Å². The van der Waals surface area contributed by atoms with Gasteiger partial charge in [-0.25, -0.2) is 0 Å². The van der Waals surface area contributed by atoms with E-state index in [1.807, 2.05) is 6.07 Å². The molecule has 0 atom stereocenters. The molecule has 0 aliphatic rings. The second-order valence-corrected chi connectivity index (χ2v) is 3.08. The van der Waals surface area contributed by atoms with E-state index < -0.39 is 0 Å². The molecule has 1 aromatic carbocycles. The molecule has 0 fully saturated rings. The van der Waals surface area contributed by atoms with Crippen molar-refractivity contribution >= 4 is 34.8 Å². The third kappa shape index (κ3) is 1.78. The monoisotopic (exact) mass is 205 g/mol. The van der Waals surface area contributed by atoms with Gasteiger partial charge in [-0.15, -0.1) is 0 Å². The van der Waals surface area contributed by atoms with Crippen LogP contribution in [0.2, 0.25) is 15.1 Å². The van der Waals surface area contributed by atoms with E-state index in [9.17, 15) is 0 Å². The first-order valence-corrected chi connectivity index (χ1v) is 3.83. The predicted molar refractivity (Wildman–Crippen MR) is 46.2 cm³/mol. The fraction of sp³-hybridized carbons (Fsp3) is 0. The molecule has 1 aromatic rings. The number of halogens is 3. The molecule has 4 heteroatoms. The Morgan fingerprint density at radius 3 is 2.36 bits per heavy atom. The summed E-state index contributed by atoms with van der Waals surface area (Å²) in [5.41, 5.74) is 0.296. The normalized spacial score (nSPS) is 9.27. The molecule has 0 heterocycles. The summed E-state index contributed by atoms with van der Waals surface area (Å²) in [7, 11) is 0. The molecule has 0 N–H and O–H groups in total. The zero-order valence-electron chi connectivity index (χ0n) is 5.24. The highest BCUT2D eigenvalue weighted by Crippen LogP contribution is 2.28. The van der Waals surface area contributed by atoms with Crippen molar-refractivity contribution < 1.29 is 0 Å². The van der Waals surface area contributed by atoms with Crippen molar-refractivity contribution in [3.05, 3.63) is 32.8 Å². The van der Waals surface area contributed by atoms with E-state index in [2.05, 4.69) is 0 Å². The van der Waals surface area contributed by atoms with Gasteiger partial charge < -0.3 is 0 Å². The minimum absolute atomic E-state index is 0.249. The number of nitriles is 1. The van der Waals surface area contributed by atoms with Crippen LogP contribution in [0.3, 0.4) is 0 Å². The predicted octanol–water partition coefficient (Wildman–Crippen LogP) is 3.52. The van der Waals surface area contributed by atoms with E-state index in [-0.39, 0.29) is 5.02 Å². The summed E-state index contributed by atoms with van der Waals surface area (Å²) < 4.78 is 0. The molecular formula is C7H2Cl3N. The van der Waals surface area contributed by atoms with Gasteiger partial charge in [-0.2, -0.15) is 5.26 Å². The first-order chi connectivity index (χ1) is 5.15. The van der Waals surface area contributed by atoms with E-state index in [1.165, 1.54) is 12.1 Å². The lowest BCUT2D eigenvalue weighted by Gasteiger charge is -1.97. The number of hydrogen-bond acceptors (Lipinski definition) is 1. The van der Waals surface area contributed by atoms with Crippen LogP contribution in [0.25, 0.3) is 0 Å². The quantitative estimate of drug-likeness (QED) is 0.596. The van der Waals surface area contributed by atoms with Crippen molar-refractivity contribution in [2.45, 2.75) is 0 Å². The molecule has 0 spiro atoms. The van der Waals surface area contributed by atoms with Gasteiger partial charge in [0, 0.05) is 5.02 Å². The van der Waals surface area contributed by atoms with Crippen LogP contribution in [0.4, 0.5) is 0 Å². The Kier molecular flexibility index (Phi) is 2.62. The van der Waals surface area contributed by atoms with Crippen molar-refractivity contribution in [1.29, 1.82) is 5.26 Å². The fourth-order valence-electron chi connectivity index (χ4n) is 0.637. The van der Waals surface area contributed by atoms with E-state index in [0.717, 1.165) is 0 Å². The van der Waals surface area contributed by atoms with Gasteiger partial charge in [0.2, 0.25) is 0 Å². The van der Waals surface area contributed by atoms with Gasteiger partial charge in [0.15, 0.2) is 0 Å². The maximum absolute atomic E-state index is 8.52. The largest absolute Gasteiger partial charge is 0.192 e. The van der Waals surface area contributed by atoms with Gasteiger partial charge in [0.1, 0.15) is 6.07 Å². The molecule has 0 aliphatic carbocycles. The maximum atomic E-state index is 8.52. The minimum Gasteiger partial charge on any atom is -0.192 e. The first kappa shape index (κ1) is 8.67. The molecule has 56 valence electrons. The number of hydrogen-bond donors (Lipinski definition) is 0. The van der Waals surface area contributed by atoms with Crippen molar-refractivity contribution in [1.82, 2.24) is 0 Å². The molecule has 11 heavy (non-hydrogen) atoms. The van der Waals surface area contributed by atoms with E-state index in [4.69, 9.17) is 40.1 Å². The number of benzene rings is 1. The molecule has 0 radical (unpaired) electrons. The number of rotatable bonds is 0. The molecular weight excluding hydrogens is 204 g/mol. The Morgan fingerprint density at radius 2 is 1.82 bits per heavy atom. The summed E-state index contributed by atoms with van der Waals surface area (Å²) in [4.78, 5) is 0. The summed E-state index contributed by atoms with van der Waals surface area (Å²) in [6.45, 7) is 0. The topological polar surface area (TPSA) is 23.8 Å².